The molecule has 1 N–H and O–H groups in total. The summed E-state index contributed by atoms with van der Waals surface area (Å²) in [5, 5.41) is 14.4. The zero-order valence-electron chi connectivity index (χ0n) is 13.9. The van der Waals surface area contributed by atoms with Gasteiger partial charge in [-0.25, -0.2) is 0 Å². The molecule has 0 aliphatic carbocycles. The van der Waals surface area contributed by atoms with Crippen LogP contribution in [-0.2, 0) is 6.54 Å². The predicted molar refractivity (Wildman–Crippen MR) is 96.2 cm³/mol. The standard InChI is InChI=1S/C19H23N3O2/c1-15-13-18(22(23)24)7-8-19(15)20-17-9-11-21(12-10-17)14-16-5-3-2-4-6-16/h2-8,13,17,20H,9-12,14H2,1H3. The first-order valence-electron chi connectivity index (χ1n) is 8.39. The number of hydrogen-bond donors (Lipinski definition) is 1. The molecule has 0 spiro atoms. The molecule has 3 rings (SSSR count). The minimum absolute atomic E-state index is 0.149. The molecule has 5 heteroatoms. The Morgan fingerprint density at radius 3 is 2.50 bits per heavy atom. The predicted octanol–water partition coefficient (Wildman–Crippen LogP) is 3.98. The molecule has 24 heavy (non-hydrogen) atoms. The van der Waals surface area contributed by atoms with Crippen LogP contribution < -0.4 is 5.32 Å². The first-order chi connectivity index (χ1) is 11.6. The van der Waals surface area contributed by atoms with Gasteiger partial charge < -0.3 is 5.32 Å². The van der Waals surface area contributed by atoms with Gasteiger partial charge in [0.1, 0.15) is 0 Å². The van der Waals surface area contributed by atoms with Crippen molar-refractivity contribution in [2.24, 2.45) is 0 Å². The van der Waals surface area contributed by atoms with Gasteiger partial charge in [0.15, 0.2) is 0 Å². The molecular formula is C19H23N3O2. The zero-order valence-corrected chi connectivity index (χ0v) is 13.9. The Labute approximate surface area is 142 Å². The molecule has 126 valence electrons. The molecule has 1 aliphatic heterocycles. The van der Waals surface area contributed by atoms with Crippen molar-refractivity contribution in [2.45, 2.75) is 32.4 Å². The Bertz CT molecular complexity index is 695. The summed E-state index contributed by atoms with van der Waals surface area (Å²) in [6.45, 7) is 5.06. The van der Waals surface area contributed by atoms with Crippen LogP contribution in [0.2, 0.25) is 0 Å². The highest BCUT2D eigenvalue weighted by Gasteiger charge is 2.20. The lowest BCUT2D eigenvalue weighted by molar-refractivity contribution is -0.384. The number of likely N-dealkylation sites (tertiary alicyclic amines) is 1. The van der Waals surface area contributed by atoms with Crippen LogP contribution >= 0.6 is 0 Å². The molecule has 0 radical (unpaired) electrons. The van der Waals surface area contributed by atoms with Crippen molar-refractivity contribution in [3.63, 3.8) is 0 Å². The lowest BCUT2D eigenvalue weighted by Crippen LogP contribution is -2.38. The lowest BCUT2D eigenvalue weighted by atomic mass is 10.0. The van der Waals surface area contributed by atoms with Crippen molar-refractivity contribution in [3.05, 3.63) is 69.8 Å². The van der Waals surface area contributed by atoms with Crippen molar-refractivity contribution in [2.75, 3.05) is 18.4 Å². The van der Waals surface area contributed by atoms with Gasteiger partial charge >= 0.3 is 0 Å². The summed E-state index contributed by atoms with van der Waals surface area (Å²) in [7, 11) is 0. The van der Waals surface area contributed by atoms with Crippen molar-refractivity contribution >= 4 is 11.4 Å². The SMILES string of the molecule is Cc1cc([N+](=O)[O-])ccc1NC1CCN(Cc2ccccc2)CC1. The van der Waals surface area contributed by atoms with E-state index in [1.54, 1.807) is 12.1 Å². The largest absolute Gasteiger partial charge is 0.382 e. The number of benzene rings is 2. The summed E-state index contributed by atoms with van der Waals surface area (Å²) in [6, 6.07) is 16.0. The number of aryl methyl sites for hydroxylation is 1. The van der Waals surface area contributed by atoms with Crippen LogP contribution in [0.5, 0.6) is 0 Å². The minimum atomic E-state index is -0.348. The van der Waals surface area contributed by atoms with Crippen LogP contribution in [-0.4, -0.2) is 29.0 Å². The van der Waals surface area contributed by atoms with E-state index in [-0.39, 0.29) is 10.6 Å². The van der Waals surface area contributed by atoms with Crippen LogP contribution in [0.4, 0.5) is 11.4 Å². The van der Waals surface area contributed by atoms with Crippen LogP contribution in [0.1, 0.15) is 24.0 Å². The number of nitrogens with one attached hydrogen (secondary N) is 1. The third kappa shape index (κ3) is 4.11. The highest BCUT2D eigenvalue weighted by molar-refractivity contribution is 5.55. The number of piperidine rings is 1. The van der Waals surface area contributed by atoms with Crippen LogP contribution in [0.25, 0.3) is 0 Å². The third-order valence-corrected chi connectivity index (χ3v) is 4.62. The highest BCUT2D eigenvalue weighted by Crippen LogP contribution is 2.24. The van der Waals surface area contributed by atoms with Gasteiger partial charge in [0.2, 0.25) is 0 Å². The molecular weight excluding hydrogens is 302 g/mol. The summed E-state index contributed by atoms with van der Waals surface area (Å²) < 4.78 is 0. The van der Waals surface area contributed by atoms with E-state index in [1.165, 1.54) is 5.56 Å². The van der Waals surface area contributed by atoms with Gasteiger partial charge in [-0.05, 0) is 37.0 Å². The molecule has 5 nitrogen and oxygen atoms in total. The fourth-order valence-corrected chi connectivity index (χ4v) is 3.22. The molecule has 0 saturated carbocycles. The Morgan fingerprint density at radius 1 is 1.17 bits per heavy atom. The molecule has 1 aliphatic rings. The summed E-state index contributed by atoms with van der Waals surface area (Å²) in [4.78, 5) is 13.0. The summed E-state index contributed by atoms with van der Waals surface area (Å²) >= 11 is 0. The fraction of sp³-hybridized carbons (Fsp3) is 0.368. The smallest absolute Gasteiger partial charge is 0.269 e. The second-order valence-corrected chi connectivity index (χ2v) is 6.44. The minimum Gasteiger partial charge on any atom is -0.382 e. The molecule has 1 fully saturated rings. The van der Waals surface area contributed by atoms with Gasteiger partial charge in [0.05, 0.1) is 4.92 Å². The van der Waals surface area contributed by atoms with E-state index in [9.17, 15) is 10.1 Å². The van der Waals surface area contributed by atoms with E-state index in [4.69, 9.17) is 0 Å². The van der Waals surface area contributed by atoms with E-state index in [0.717, 1.165) is 43.7 Å². The second kappa shape index (κ2) is 7.45. The lowest BCUT2D eigenvalue weighted by Gasteiger charge is -2.33. The average Bonchev–Trinajstić information content (AvgIpc) is 2.59. The fourth-order valence-electron chi connectivity index (χ4n) is 3.22. The Morgan fingerprint density at radius 2 is 1.88 bits per heavy atom. The second-order valence-electron chi connectivity index (χ2n) is 6.44. The van der Waals surface area contributed by atoms with E-state index in [2.05, 4.69) is 34.5 Å². The maximum absolute atomic E-state index is 10.8. The zero-order chi connectivity index (χ0) is 16.9. The van der Waals surface area contributed by atoms with E-state index < -0.39 is 0 Å². The molecule has 0 atom stereocenters. The normalized spacial score (nSPS) is 16.0. The van der Waals surface area contributed by atoms with Crippen molar-refractivity contribution in [3.8, 4) is 0 Å². The number of nitro groups is 1. The maximum atomic E-state index is 10.8. The molecule has 2 aromatic rings. The molecule has 0 bridgehead atoms. The van der Waals surface area contributed by atoms with Crippen molar-refractivity contribution in [1.29, 1.82) is 0 Å². The highest BCUT2D eigenvalue weighted by atomic mass is 16.6. The number of rotatable bonds is 5. The van der Waals surface area contributed by atoms with Crippen LogP contribution in [0, 0.1) is 17.0 Å². The molecule has 1 heterocycles. The summed E-state index contributed by atoms with van der Waals surface area (Å²) in [5.41, 5.74) is 3.43. The number of nitrogens with zero attached hydrogens (tertiary/aromatic N) is 2. The van der Waals surface area contributed by atoms with Gasteiger partial charge in [-0.2, -0.15) is 0 Å². The summed E-state index contributed by atoms with van der Waals surface area (Å²) in [6.07, 6.45) is 2.17. The first-order valence-corrected chi connectivity index (χ1v) is 8.39. The van der Waals surface area contributed by atoms with Gasteiger partial charge in [-0.15, -0.1) is 0 Å². The maximum Gasteiger partial charge on any atom is 0.269 e. The first kappa shape index (κ1) is 16.5. The van der Waals surface area contributed by atoms with E-state index in [1.807, 2.05) is 19.1 Å². The number of nitro benzene ring substituents is 1. The van der Waals surface area contributed by atoms with Gasteiger partial charge in [-0.3, -0.25) is 15.0 Å². The number of hydrogen-bond acceptors (Lipinski definition) is 4. The molecule has 0 unspecified atom stereocenters. The Hall–Kier alpha value is -2.40. The number of anilines is 1. The monoisotopic (exact) mass is 325 g/mol. The molecule has 0 aromatic heterocycles. The molecule has 1 saturated heterocycles. The topological polar surface area (TPSA) is 58.4 Å². The summed E-state index contributed by atoms with van der Waals surface area (Å²) in [5.74, 6) is 0. The quantitative estimate of drug-likeness (QED) is 0.667. The van der Waals surface area contributed by atoms with Crippen LogP contribution in [0.15, 0.2) is 48.5 Å². The average molecular weight is 325 g/mol. The van der Waals surface area contributed by atoms with Gasteiger partial charge in [0, 0.05) is 43.5 Å². The van der Waals surface area contributed by atoms with Crippen molar-refractivity contribution in [1.82, 2.24) is 4.90 Å². The Balaban J connectivity index is 1.53. The van der Waals surface area contributed by atoms with Crippen molar-refractivity contribution < 1.29 is 4.92 Å². The van der Waals surface area contributed by atoms with E-state index >= 15 is 0 Å². The number of non-ortho nitro benzene ring substituents is 1. The third-order valence-electron chi connectivity index (χ3n) is 4.62. The van der Waals surface area contributed by atoms with Gasteiger partial charge in [0.25, 0.3) is 5.69 Å². The Kier molecular flexibility index (Phi) is 5.11. The van der Waals surface area contributed by atoms with Crippen LogP contribution in [0.3, 0.4) is 0 Å². The molecule has 0 amide bonds. The van der Waals surface area contributed by atoms with Gasteiger partial charge in [-0.1, -0.05) is 30.3 Å². The van der Waals surface area contributed by atoms with E-state index in [0.29, 0.717) is 6.04 Å². The molecule has 2 aromatic carbocycles.